The number of nitrogens with zero attached hydrogens (tertiary/aromatic N) is 2. The van der Waals surface area contributed by atoms with Crippen LogP contribution in [0.2, 0.25) is 0 Å². The molecule has 0 radical (unpaired) electrons. The minimum Gasteiger partial charge on any atom is -0.294 e. The lowest BCUT2D eigenvalue weighted by atomic mass is 10.1. The molecule has 1 heterocycles. The zero-order valence-electron chi connectivity index (χ0n) is 9.51. The Morgan fingerprint density at radius 3 is 2.78 bits per heavy atom. The molecule has 94 valence electrons. The van der Waals surface area contributed by atoms with Crippen molar-refractivity contribution in [3.05, 3.63) is 41.2 Å². The van der Waals surface area contributed by atoms with Gasteiger partial charge in [-0.15, -0.1) is 10.2 Å². The number of halogens is 1. The van der Waals surface area contributed by atoms with E-state index >= 15 is 0 Å². The monoisotopic (exact) mass is 282 g/mol. The minimum absolute atomic E-state index is 0.0489. The summed E-state index contributed by atoms with van der Waals surface area (Å²) in [5, 5.41) is 7.64. The summed E-state index contributed by atoms with van der Waals surface area (Å²) in [6.45, 7) is 0. The average molecular weight is 282 g/mol. The molecule has 2 rings (SSSR count). The topological polar surface area (TPSA) is 42.9 Å². The largest absolute Gasteiger partial charge is 0.294 e. The maximum atomic E-state index is 12.7. The second-order valence-electron chi connectivity index (χ2n) is 3.59. The summed E-state index contributed by atoms with van der Waals surface area (Å²) >= 11 is 3.09. The highest BCUT2D eigenvalue weighted by Gasteiger charge is 2.06. The molecule has 0 amide bonds. The van der Waals surface area contributed by atoms with E-state index in [0.717, 1.165) is 16.5 Å². The van der Waals surface area contributed by atoms with Gasteiger partial charge in [-0.3, -0.25) is 4.79 Å². The molecule has 3 nitrogen and oxygen atoms in total. The van der Waals surface area contributed by atoms with Gasteiger partial charge in [0.15, 0.2) is 10.1 Å². The highest BCUT2D eigenvalue weighted by Crippen LogP contribution is 2.20. The van der Waals surface area contributed by atoms with E-state index in [1.54, 1.807) is 17.3 Å². The van der Waals surface area contributed by atoms with E-state index in [1.165, 1.54) is 35.6 Å². The Morgan fingerprint density at radius 1 is 1.33 bits per heavy atom. The van der Waals surface area contributed by atoms with Gasteiger partial charge in [0.25, 0.3) is 0 Å². The van der Waals surface area contributed by atoms with Crippen LogP contribution in [-0.2, 0) is 0 Å². The van der Waals surface area contributed by atoms with Gasteiger partial charge in [0.05, 0.1) is 0 Å². The lowest BCUT2D eigenvalue weighted by molar-refractivity contribution is 0.0982. The van der Waals surface area contributed by atoms with Crippen LogP contribution < -0.4 is 0 Å². The van der Waals surface area contributed by atoms with Crippen molar-refractivity contribution in [2.45, 2.75) is 17.2 Å². The van der Waals surface area contributed by atoms with Crippen LogP contribution in [0, 0.1) is 5.82 Å². The fourth-order valence-electron chi connectivity index (χ4n) is 1.40. The van der Waals surface area contributed by atoms with Crippen molar-refractivity contribution in [1.82, 2.24) is 10.2 Å². The molecule has 6 heteroatoms. The number of thioether (sulfide) groups is 1. The molecule has 0 fully saturated rings. The smallest absolute Gasteiger partial charge is 0.174 e. The second-order valence-corrected chi connectivity index (χ2v) is 5.76. The molecule has 0 bridgehead atoms. The first-order valence-electron chi connectivity index (χ1n) is 5.43. The van der Waals surface area contributed by atoms with Crippen LogP contribution in [0.15, 0.2) is 34.1 Å². The predicted octanol–water partition coefficient (Wildman–Crippen LogP) is 3.43. The third-order valence-corrected chi connectivity index (χ3v) is 4.23. The fraction of sp³-hybridized carbons (Fsp3) is 0.250. The average Bonchev–Trinajstić information content (AvgIpc) is 2.88. The van der Waals surface area contributed by atoms with Crippen molar-refractivity contribution >= 4 is 28.9 Å². The van der Waals surface area contributed by atoms with Gasteiger partial charge in [0, 0.05) is 17.7 Å². The second kappa shape index (κ2) is 6.61. The molecule has 1 aromatic carbocycles. The van der Waals surface area contributed by atoms with E-state index in [2.05, 4.69) is 10.2 Å². The van der Waals surface area contributed by atoms with Crippen LogP contribution in [0.3, 0.4) is 0 Å². The third-order valence-electron chi connectivity index (χ3n) is 2.28. The number of rotatable bonds is 6. The number of benzene rings is 1. The van der Waals surface area contributed by atoms with Crippen molar-refractivity contribution in [2.24, 2.45) is 0 Å². The summed E-state index contributed by atoms with van der Waals surface area (Å²) in [6.07, 6.45) is 1.25. The number of hydrogen-bond acceptors (Lipinski definition) is 5. The molecule has 0 saturated heterocycles. The first kappa shape index (κ1) is 13.2. The van der Waals surface area contributed by atoms with Crippen molar-refractivity contribution in [3.63, 3.8) is 0 Å². The van der Waals surface area contributed by atoms with E-state index in [1.807, 2.05) is 0 Å². The first-order chi connectivity index (χ1) is 8.75. The van der Waals surface area contributed by atoms with Crippen LogP contribution in [0.1, 0.15) is 23.2 Å². The highest BCUT2D eigenvalue weighted by atomic mass is 32.2. The summed E-state index contributed by atoms with van der Waals surface area (Å²) in [6, 6.07) is 5.66. The zero-order valence-corrected chi connectivity index (χ0v) is 11.1. The van der Waals surface area contributed by atoms with Crippen LogP contribution in [0.4, 0.5) is 4.39 Å². The standard InChI is InChI=1S/C12H11FN2OS2/c13-10-5-3-9(4-6-10)11(16)2-1-7-17-12-15-14-8-18-12/h3-6,8H,1-2,7H2. The molecule has 18 heavy (non-hydrogen) atoms. The molecule has 0 N–H and O–H groups in total. The third kappa shape index (κ3) is 3.89. The van der Waals surface area contributed by atoms with Gasteiger partial charge in [-0.1, -0.05) is 23.1 Å². The maximum absolute atomic E-state index is 12.7. The predicted molar refractivity (Wildman–Crippen MR) is 70.6 cm³/mol. The normalized spacial score (nSPS) is 10.5. The van der Waals surface area contributed by atoms with Gasteiger partial charge in [0.2, 0.25) is 0 Å². The molecule has 0 aliphatic heterocycles. The van der Waals surface area contributed by atoms with Gasteiger partial charge >= 0.3 is 0 Å². The van der Waals surface area contributed by atoms with Crippen LogP contribution in [0.5, 0.6) is 0 Å². The van der Waals surface area contributed by atoms with Gasteiger partial charge < -0.3 is 0 Å². The van der Waals surface area contributed by atoms with E-state index in [4.69, 9.17) is 0 Å². The highest BCUT2D eigenvalue weighted by molar-refractivity contribution is 8.00. The number of carbonyl (C=O) groups is 1. The Kier molecular flexibility index (Phi) is 4.83. The molecular formula is C12H11FN2OS2. The van der Waals surface area contributed by atoms with E-state index in [0.29, 0.717) is 12.0 Å². The van der Waals surface area contributed by atoms with Crippen molar-refractivity contribution in [1.29, 1.82) is 0 Å². The number of carbonyl (C=O) groups excluding carboxylic acids is 1. The van der Waals surface area contributed by atoms with Gasteiger partial charge in [-0.25, -0.2) is 4.39 Å². The quantitative estimate of drug-likeness (QED) is 0.462. The molecule has 0 aliphatic carbocycles. The van der Waals surface area contributed by atoms with Gasteiger partial charge in [-0.2, -0.15) is 0 Å². The molecule has 0 unspecified atom stereocenters. The number of hydrogen-bond donors (Lipinski definition) is 0. The first-order valence-corrected chi connectivity index (χ1v) is 7.30. The SMILES string of the molecule is O=C(CCCSc1nncs1)c1ccc(F)cc1. The Balaban J connectivity index is 1.73. The molecule has 0 saturated carbocycles. The van der Waals surface area contributed by atoms with E-state index in [-0.39, 0.29) is 11.6 Å². The maximum Gasteiger partial charge on any atom is 0.174 e. The Morgan fingerprint density at radius 2 is 2.11 bits per heavy atom. The Hall–Kier alpha value is -1.27. The molecule has 0 spiro atoms. The van der Waals surface area contributed by atoms with E-state index in [9.17, 15) is 9.18 Å². The number of Topliss-reactive ketones (excluding diaryl/α,β-unsaturated/α-hetero) is 1. The van der Waals surface area contributed by atoms with Crippen molar-refractivity contribution in [3.8, 4) is 0 Å². The molecular weight excluding hydrogens is 271 g/mol. The van der Waals surface area contributed by atoms with Crippen molar-refractivity contribution in [2.75, 3.05) is 5.75 Å². The molecule has 1 aromatic heterocycles. The summed E-state index contributed by atoms with van der Waals surface area (Å²) in [5.41, 5.74) is 2.25. The van der Waals surface area contributed by atoms with Gasteiger partial charge in [-0.05, 0) is 30.7 Å². The van der Waals surface area contributed by atoms with E-state index < -0.39 is 0 Å². The lowest BCUT2D eigenvalue weighted by Gasteiger charge is -2.00. The molecule has 2 aromatic rings. The molecule has 0 atom stereocenters. The zero-order chi connectivity index (χ0) is 12.8. The fourth-order valence-corrected chi connectivity index (χ4v) is 2.90. The summed E-state index contributed by atoms with van der Waals surface area (Å²) < 4.78 is 13.6. The summed E-state index contributed by atoms with van der Waals surface area (Å²) in [4.78, 5) is 11.8. The molecule has 0 aliphatic rings. The Labute approximate surface area is 112 Å². The lowest BCUT2D eigenvalue weighted by Crippen LogP contribution is -1.99. The van der Waals surface area contributed by atoms with Crippen molar-refractivity contribution < 1.29 is 9.18 Å². The van der Waals surface area contributed by atoms with Crippen LogP contribution >= 0.6 is 23.1 Å². The summed E-state index contributed by atoms with van der Waals surface area (Å²) in [7, 11) is 0. The number of ketones is 1. The number of aromatic nitrogens is 2. The van der Waals surface area contributed by atoms with Crippen LogP contribution in [-0.4, -0.2) is 21.7 Å². The van der Waals surface area contributed by atoms with Crippen LogP contribution in [0.25, 0.3) is 0 Å². The minimum atomic E-state index is -0.321. The Bertz CT molecular complexity index is 499. The summed E-state index contributed by atoms with van der Waals surface area (Å²) in [5.74, 6) is 0.563. The van der Waals surface area contributed by atoms with Gasteiger partial charge in [0.1, 0.15) is 11.3 Å².